The second kappa shape index (κ2) is 6.18. The largest absolute Gasteiger partial charge is 0.306 e. The summed E-state index contributed by atoms with van der Waals surface area (Å²) in [4.78, 5) is 16.0. The summed E-state index contributed by atoms with van der Waals surface area (Å²) < 4.78 is 14.7. The molecule has 0 unspecified atom stereocenters. The van der Waals surface area contributed by atoms with Crippen LogP contribution in [0.15, 0.2) is 73.3 Å². The van der Waals surface area contributed by atoms with Crippen molar-refractivity contribution in [3.8, 4) is 5.69 Å². The lowest BCUT2D eigenvalue weighted by Crippen LogP contribution is -1.94. The molecule has 0 aliphatic rings. The Labute approximate surface area is 127 Å². The summed E-state index contributed by atoms with van der Waals surface area (Å²) in [6.45, 7) is 0. The van der Waals surface area contributed by atoms with E-state index in [0.29, 0.717) is 5.56 Å². The molecule has 1 heterocycles. The van der Waals surface area contributed by atoms with Gasteiger partial charge in [-0.25, -0.2) is 9.37 Å². The van der Waals surface area contributed by atoms with Crippen molar-refractivity contribution in [1.82, 2.24) is 9.55 Å². The molecule has 0 aliphatic carbocycles. The first-order chi connectivity index (χ1) is 10.7. The van der Waals surface area contributed by atoms with Crippen LogP contribution in [0.5, 0.6) is 0 Å². The maximum Gasteiger partial charge on any atom is 0.185 e. The zero-order chi connectivity index (χ0) is 15.4. The van der Waals surface area contributed by atoms with Crippen molar-refractivity contribution in [3.63, 3.8) is 0 Å². The number of hydrogen-bond acceptors (Lipinski definition) is 2. The van der Waals surface area contributed by atoms with Crippen molar-refractivity contribution in [2.75, 3.05) is 0 Å². The first-order valence-electron chi connectivity index (χ1n) is 6.79. The number of aromatic nitrogens is 2. The molecule has 3 aromatic rings. The lowest BCUT2D eigenvalue weighted by Gasteiger charge is -2.02. The van der Waals surface area contributed by atoms with Gasteiger partial charge in [0.05, 0.1) is 6.33 Å². The molecule has 0 N–H and O–H groups in total. The lowest BCUT2D eigenvalue weighted by atomic mass is 10.1. The van der Waals surface area contributed by atoms with Gasteiger partial charge in [0.1, 0.15) is 5.82 Å². The number of allylic oxidation sites excluding steroid dienone is 1. The Morgan fingerprint density at radius 2 is 1.77 bits per heavy atom. The van der Waals surface area contributed by atoms with E-state index in [1.807, 2.05) is 35.0 Å². The van der Waals surface area contributed by atoms with Gasteiger partial charge in [0.25, 0.3) is 0 Å². The van der Waals surface area contributed by atoms with E-state index in [2.05, 4.69) is 4.98 Å². The number of ketones is 1. The molecule has 108 valence electrons. The highest BCUT2D eigenvalue weighted by molar-refractivity contribution is 6.06. The molecule has 4 heteroatoms. The number of nitrogens with zero attached hydrogens (tertiary/aromatic N) is 2. The number of carbonyl (C=O) groups is 1. The lowest BCUT2D eigenvalue weighted by molar-refractivity contribution is 0.104. The van der Waals surface area contributed by atoms with Gasteiger partial charge in [-0.05, 0) is 48.0 Å². The summed E-state index contributed by atoms with van der Waals surface area (Å²) in [7, 11) is 0. The highest BCUT2D eigenvalue weighted by Gasteiger charge is 2.01. The third-order valence-electron chi connectivity index (χ3n) is 3.25. The average Bonchev–Trinajstić information content (AvgIpc) is 3.08. The molecule has 0 amide bonds. The normalized spacial score (nSPS) is 11.0. The molecular weight excluding hydrogens is 279 g/mol. The third-order valence-corrected chi connectivity index (χ3v) is 3.25. The predicted molar refractivity (Wildman–Crippen MR) is 83.3 cm³/mol. The summed E-state index contributed by atoms with van der Waals surface area (Å²) in [5, 5.41) is 0. The Hall–Kier alpha value is -3.01. The van der Waals surface area contributed by atoms with E-state index >= 15 is 0 Å². The number of imidazole rings is 1. The molecule has 2 aromatic carbocycles. The van der Waals surface area contributed by atoms with Crippen LogP contribution in [-0.4, -0.2) is 15.3 Å². The van der Waals surface area contributed by atoms with Crippen LogP contribution in [0.3, 0.4) is 0 Å². The Kier molecular flexibility index (Phi) is 3.92. The Morgan fingerprint density at radius 1 is 1.05 bits per heavy atom. The van der Waals surface area contributed by atoms with Gasteiger partial charge >= 0.3 is 0 Å². The van der Waals surface area contributed by atoms with Crippen molar-refractivity contribution >= 4 is 11.9 Å². The average molecular weight is 292 g/mol. The molecule has 0 saturated carbocycles. The summed E-state index contributed by atoms with van der Waals surface area (Å²) in [6.07, 6.45) is 8.53. The molecule has 0 aliphatic heterocycles. The van der Waals surface area contributed by atoms with Crippen LogP contribution in [0.4, 0.5) is 4.39 Å². The van der Waals surface area contributed by atoms with E-state index in [0.717, 1.165) is 11.3 Å². The van der Waals surface area contributed by atoms with Crippen LogP contribution in [0.25, 0.3) is 11.8 Å². The number of benzene rings is 2. The minimum absolute atomic E-state index is 0.154. The van der Waals surface area contributed by atoms with Crippen LogP contribution in [-0.2, 0) is 0 Å². The molecule has 0 radical (unpaired) electrons. The van der Waals surface area contributed by atoms with Crippen molar-refractivity contribution < 1.29 is 9.18 Å². The highest BCUT2D eigenvalue weighted by Crippen LogP contribution is 2.11. The van der Waals surface area contributed by atoms with Crippen molar-refractivity contribution in [3.05, 3.63) is 90.3 Å². The summed E-state index contributed by atoms with van der Waals surface area (Å²) in [5.74, 6) is -0.505. The van der Waals surface area contributed by atoms with E-state index in [4.69, 9.17) is 0 Å². The fourth-order valence-electron chi connectivity index (χ4n) is 2.05. The molecular formula is C18H13FN2O. The second-order valence-electron chi connectivity index (χ2n) is 4.77. The van der Waals surface area contributed by atoms with Gasteiger partial charge < -0.3 is 4.57 Å². The van der Waals surface area contributed by atoms with Gasteiger partial charge in [0, 0.05) is 23.6 Å². The Bertz CT molecular complexity index is 788. The highest BCUT2D eigenvalue weighted by atomic mass is 19.1. The summed E-state index contributed by atoms with van der Waals surface area (Å²) in [5.41, 5.74) is 2.38. The minimum atomic E-state index is -0.351. The quantitative estimate of drug-likeness (QED) is 0.540. The van der Waals surface area contributed by atoms with Gasteiger partial charge in [0.2, 0.25) is 0 Å². The molecule has 1 aromatic heterocycles. The van der Waals surface area contributed by atoms with Crippen LogP contribution in [0.1, 0.15) is 15.9 Å². The van der Waals surface area contributed by atoms with Crippen LogP contribution < -0.4 is 0 Å². The molecule has 0 saturated heterocycles. The molecule has 0 bridgehead atoms. The van der Waals surface area contributed by atoms with E-state index < -0.39 is 0 Å². The fraction of sp³-hybridized carbons (Fsp3) is 0. The molecule has 0 fully saturated rings. The SMILES string of the molecule is O=C(/C=C/c1ccc(-n2ccnc2)cc1)c1ccc(F)cc1. The van der Waals surface area contributed by atoms with Gasteiger partial charge in [-0.15, -0.1) is 0 Å². The number of halogens is 1. The number of rotatable bonds is 4. The van der Waals surface area contributed by atoms with E-state index in [1.54, 1.807) is 18.6 Å². The van der Waals surface area contributed by atoms with E-state index in [1.165, 1.54) is 30.3 Å². The van der Waals surface area contributed by atoms with E-state index in [9.17, 15) is 9.18 Å². The van der Waals surface area contributed by atoms with Crippen LogP contribution in [0, 0.1) is 5.82 Å². The first-order valence-corrected chi connectivity index (χ1v) is 6.79. The minimum Gasteiger partial charge on any atom is -0.306 e. The maximum atomic E-state index is 12.8. The smallest absolute Gasteiger partial charge is 0.185 e. The van der Waals surface area contributed by atoms with Crippen molar-refractivity contribution in [1.29, 1.82) is 0 Å². The van der Waals surface area contributed by atoms with Gasteiger partial charge in [-0.3, -0.25) is 4.79 Å². The molecule has 3 nitrogen and oxygen atoms in total. The topological polar surface area (TPSA) is 34.9 Å². The molecule has 0 atom stereocenters. The maximum absolute atomic E-state index is 12.8. The summed E-state index contributed by atoms with van der Waals surface area (Å²) >= 11 is 0. The fourth-order valence-corrected chi connectivity index (χ4v) is 2.05. The standard InChI is InChI=1S/C18H13FN2O/c19-16-6-4-15(5-7-16)18(22)10-3-14-1-8-17(9-2-14)21-12-11-20-13-21/h1-13H/b10-3+. The number of carbonyl (C=O) groups excluding carboxylic acids is 1. The molecule has 0 spiro atoms. The first kappa shape index (κ1) is 13.9. The monoisotopic (exact) mass is 292 g/mol. The predicted octanol–water partition coefficient (Wildman–Crippen LogP) is 3.91. The van der Waals surface area contributed by atoms with Gasteiger partial charge in [-0.1, -0.05) is 18.2 Å². The zero-order valence-corrected chi connectivity index (χ0v) is 11.7. The van der Waals surface area contributed by atoms with Crippen LogP contribution >= 0.6 is 0 Å². The third kappa shape index (κ3) is 3.17. The molecule has 3 rings (SSSR count). The van der Waals surface area contributed by atoms with Crippen LogP contribution in [0.2, 0.25) is 0 Å². The summed E-state index contributed by atoms with van der Waals surface area (Å²) in [6, 6.07) is 13.2. The Morgan fingerprint density at radius 3 is 2.41 bits per heavy atom. The zero-order valence-electron chi connectivity index (χ0n) is 11.7. The number of hydrogen-bond donors (Lipinski definition) is 0. The second-order valence-corrected chi connectivity index (χ2v) is 4.77. The van der Waals surface area contributed by atoms with Crippen molar-refractivity contribution in [2.45, 2.75) is 0 Å². The van der Waals surface area contributed by atoms with Gasteiger partial charge in [0.15, 0.2) is 5.78 Å². The van der Waals surface area contributed by atoms with Gasteiger partial charge in [-0.2, -0.15) is 0 Å². The van der Waals surface area contributed by atoms with Crippen molar-refractivity contribution in [2.24, 2.45) is 0 Å². The Balaban J connectivity index is 1.72. The molecule has 22 heavy (non-hydrogen) atoms. The van der Waals surface area contributed by atoms with E-state index in [-0.39, 0.29) is 11.6 Å².